The zero-order chi connectivity index (χ0) is 17.8. The second-order valence-electron chi connectivity index (χ2n) is 5.39. The number of nitrogens with one attached hydrogen (secondary N) is 1. The summed E-state index contributed by atoms with van der Waals surface area (Å²) < 4.78 is 16.0. The largest absolute Gasteiger partial charge is 0.492 e. The van der Waals surface area contributed by atoms with E-state index in [1.165, 1.54) is 0 Å². The van der Waals surface area contributed by atoms with E-state index in [-0.39, 0.29) is 38.4 Å². The van der Waals surface area contributed by atoms with Gasteiger partial charge in [0.2, 0.25) is 0 Å². The van der Waals surface area contributed by atoms with Crippen molar-refractivity contribution in [3.05, 3.63) is 24.5 Å². The van der Waals surface area contributed by atoms with Crippen molar-refractivity contribution in [2.45, 2.75) is 64.5 Å². The standard InChI is InChI=1S/C12H22NO4PS.C4H8/c1-7(2)16-12(14)8(3)13-18-15-6-10-5-11(19)9(4)17-10;1-3-4-2/h7-8,10-11,13,18-19H,4-6H2,1-3H3;3-4H,1-2H3/b;4-3-/t8-,10-,11-;/m0./s1. The van der Waals surface area contributed by atoms with Gasteiger partial charge >= 0.3 is 5.97 Å². The van der Waals surface area contributed by atoms with Crippen LogP contribution in [0.5, 0.6) is 0 Å². The van der Waals surface area contributed by atoms with E-state index in [4.69, 9.17) is 14.0 Å². The SMILES string of the molecule is C/C=C\C.C=C1O[C@H](COPN[C@@H](C)C(=O)OC(C)C)C[C@@H]1S. The van der Waals surface area contributed by atoms with Crippen molar-refractivity contribution in [3.8, 4) is 0 Å². The van der Waals surface area contributed by atoms with Crippen LogP contribution in [0.1, 0.15) is 41.0 Å². The highest BCUT2D eigenvalue weighted by Gasteiger charge is 2.27. The molecule has 0 aliphatic carbocycles. The summed E-state index contributed by atoms with van der Waals surface area (Å²) in [6, 6.07) is -0.377. The number of esters is 1. The molecule has 0 amide bonds. The number of allylic oxidation sites excluding steroid dienone is 2. The van der Waals surface area contributed by atoms with Crippen LogP contribution in [0.15, 0.2) is 24.5 Å². The molecule has 4 atom stereocenters. The molecular formula is C16H30NO4PS. The number of carbonyl (C=O) groups excluding carboxylic acids is 1. The van der Waals surface area contributed by atoms with Gasteiger partial charge in [-0.05, 0) is 34.6 Å². The third kappa shape index (κ3) is 10.8. The maximum atomic E-state index is 11.5. The molecule has 0 aromatic rings. The third-order valence-electron chi connectivity index (χ3n) is 2.83. The first-order valence-corrected chi connectivity index (χ1v) is 9.17. The quantitative estimate of drug-likeness (QED) is 0.238. The van der Waals surface area contributed by atoms with Gasteiger partial charge in [-0.15, -0.1) is 0 Å². The summed E-state index contributed by atoms with van der Waals surface area (Å²) in [5.41, 5.74) is 0. The predicted molar refractivity (Wildman–Crippen MR) is 100.0 cm³/mol. The molecule has 0 aromatic heterocycles. The average Bonchev–Trinajstić information content (AvgIpc) is 2.81. The third-order valence-corrected chi connectivity index (χ3v) is 4.19. The second kappa shape index (κ2) is 12.8. The average molecular weight is 363 g/mol. The fraction of sp³-hybridized carbons (Fsp3) is 0.688. The summed E-state index contributed by atoms with van der Waals surface area (Å²) in [6.07, 6.45) is 4.70. The lowest BCUT2D eigenvalue weighted by Crippen LogP contribution is -2.32. The minimum Gasteiger partial charge on any atom is -0.492 e. The van der Waals surface area contributed by atoms with Crippen LogP contribution >= 0.6 is 21.6 Å². The molecule has 1 unspecified atom stereocenters. The molecule has 1 heterocycles. The first-order valence-electron chi connectivity index (χ1n) is 7.75. The van der Waals surface area contributed by atoms with Crippen LogP contribution in [0.25, 0.3) is 0 Å². The Morgan fingerprint density at radius 3 is 2.52 bits per heavy atom. The number of ether oxygens (including phenoxy) is 2. The maximum Gasteiger partial charge on any atom is 0.323 e. The summed E-state index contributed by atoms with van der Waals surface area (Å²) in [6.45, 7) is 13.6. The molecule has 1 saturated heterocycles. The van der Waals surface area contributed by atoms with Crippen molar-refractivity contribution in [1.82, 2.24) is 5.09 Å². The van der Waals surface area contributed by atoms with E-state index in [0.29, 0.717) is 12.4 Å². The van der Waals surface area contributed by atoms with Crippen LogP contribution in [0.2, 0.25) is 0 Å². The number of carbonyl (C=O) groups is 1. The molecule has 1 rings (SSSR count). The molecule has 0 bridgehead atoms. The molecule has 1 aliphatic heterocycles. The molecule has 23 heavy (non-hydrogen) atoms. The van der Waals surface area contributed by atoms with E-state index in [1.807, 2.05) is 39.8 Å². The molecule has 0 saturated carbocycles. The first kappa shape index (κ1) is 22.4. The van der Waals surface area contributed by atoms with Crippen LogP contribution in [0.4, 0.5) is 0 Å². The monoisotopic (exact) mass is 363 g/mol. The minimum atomic E-state index is -0.377. The summed E-state index contributed by atoms with van der Waals surface area (Å²) >= 11 is 4.33. The zero-order valence-electron chi connectivity index (χ0n) is 14.7. The number of thiol groups is 1. The molecule has 1 aliphatic rings. The molecule has 1 fully saturated rings. The van der Waals surface area contributed by atoms with Crippen molar-refractivity contribution in [3.63, 3.8) is 0 Å². The highest BCUT2D eigenvalue weighted by atomic mass is 32.1. The molecule has 0 spiro atoms. The molecule has 0 radical (unpaired) electrons. The number of hydrogen-bond acceptors (Lipinski definition) is 6. The molecule has 134 valence electrons. The van der Waals surface area contributed by atoms with Crippen LogP contribution in [0.3, 0.4) is 0 Å². The molecule has 7 heteroatoms. The van der Waals surface area contributed by atoms with Crippen LogP contribution in [0, 0.1) is 0 Å². The van der Waals surface area contributed by atoms with Gasteiger partial charge in [0.1, 0.15) is 17.9 Å². The fourth-order valence-corrected chi connectivity index (χ4v) is 2.42. The fourth-order valence-electron chi connectivity index (χ4n) is 1.48. The van der Waals surface area contributed by atoms with Gasteiger partial charge in [0, 0.05) is 6.42 Å². The Labute approximate surface area is 147 Å². The highest BCUT2D eigenvalue weighted by molar-refractivity contribution is 7.81. The van der Waals surface area contributed by atoms with Gasteiger partial charge in [0.25, 0.3) is 0 Å². The lowest BCUT2D eigenvalue weighted by Gasteiger charge is -2.16. The Hall–Kier alpha value is -0.550. The van der Waals surface area contributed by atoms with Gasteiger partial charge in [-0.25, -0.2) is 0 Å². The normalized spacial score (nSPS) is 22.3. The van der Waals surface area contributed by atoms with Gasteiger partial charge in [-0.2, -0.15) is 12.6 Å². The highest BCUT2D eigenvalue weighted by Crippen LogP contribution is 2.27. The summed E-state index contributed by atoms with van der Waals surface area (Å²) in [5.74, 6) is 0.425. The Kier molecular flexibility index (Phi) is 12.5. The summed E-state index contributed by atoms with van der Waals surface area (Å²) in [7, 11) is 0.0274. The Morgan fingerprint density at radius 1 is 1.48 bits per heavy atom. The van der Waals surface area contributed by atoms with Crippen molar-refractivity contribution in [2.75, 3.05) is 6.61 Å². The second-order valence-corrected chi connectivity index (χ2v) is 6.79. The van der Waals surface area contributed by atoms with E-state index in [0.717, 1.165) is 6.42 Å². The van der Waals surface area contributed by atoms with Crippen molar-refractivity contribution >= 4 is 27.6 Å². The van der Waals surface area contributed by atoms with Crippen LogP contribution in [-0.4, -0.2) is 36.1 Å². The van der Waals surface area contributed by atoms with Gasteiger partial charge in [-0.3, -0.25) is 9.88 Å². The topological polar surface area (TPSA) is 56.8 Å². The van der Waals surface area contributed by atoms with Gasteiger partial charge in [0.05, 0.1) is 26.9 Å². The van der Waals surface area contributed by atoms with Gasteiger partial charge in [0.15, 0.2) is 0 Å². The van der Waals surface area contributed by atoms with E-state index in [9.17, 15) is 4.79 Å². The Balaban J connectivity index is 0.00000108. The van der Waals surface area contributed by atoms with Crippen molar-refractivity contribution in [2.24, 2.45) is 0 Å². The molecule has 0 aromatic carbocycles. The zero-order valence-corrected chi connectivity index (χ0v) is 16.6. The number of hydrogen-bond donors (Lipinski definition) is 2. The molecule has 1 N–H and O–H groups in total. The van der Waals surface area contributed by atoms with E-state index in [1.54, 1.807) is 6.92 Å². The maximum absolute atomic E-state index is 11.5. The lowest BCUT2D eigenvalue weighted by atomic mass is 10.2. The van der Waals surface area contributed by atoms with Crippen molar-refractivity contribution < 1.29 is 18.8 Å². The van der Waals surface area contributed by atoms with Gasteiger partial charge < -0.3 is 14.0 Å². The Morgan fingerprint density at radius 2 is 2.09 bits per heavy atom. The smallest absolute Gasteiger partial charge is 0.323 e. The number of rotatable bonds is 7. The summed E-state index contributed by atoms with van der Waals surface area (Å²) in [4.78, 5) is 11.5. The van der Waals surface area contributed by atoms with Crippen molar-refractivity contribution in [1.29, 1.82) is 0 Å². The molecule has 5 nitrogen and oxygen atoms in total. The first-order chi connectivity index (χ1) is 10.8. The van der Waals surface area contributed by atoms with Crippen LogP contribution in [-0.2, 0) is 18.8 Å². The lowest BCUT2D eigenvalue weighted by molar-refractivity contribution is -0.148. The van der Waals surface area contributed by atoms with E-state index >= 15 is 0 Å². The molecular weight excluding hydrogens is 333 g/mol. The van der Waals surface area contributed by atoms with E-state index < -0.39 is 0 Å². The predicted octanol–water partition coefficient (Wildman–Crippen LogP) is 3.62. The minimum absolute atomic E-state index is 0.00206. The summed E-state index contributed by atoms with van der Waals surface area (Å²) in [5, 5.41) is 3.06. The Bertz CT molecular complexity index is 386. The van der Waals surface area contributed by atoms with Crippen LogP contribution < -0.4 is 5.09 Å². The van der Waals surface area contributed by atoms with Gasteiger partial charge in [-0.1, -0.05) is 18.7 Å². The van der Waals surface area contributed by atoms with E-state index in [2.05, 4.69) is 24.3 Å².